The van der Waals surface area contributed by atoms with Gasteiger partial charge in [-0.3, -0.25) is 19.3 Å². The van der Waals surface area contributed by atoms with E-state index in [9.17, 15) is 19.5 Å². The van der Waals surface area contributed by atoms with E-state index in [1.807, 2.05) is 31.2 Å². The van der Waals surface area contributed by atoms with E-state index in [4.69, 9.17) is 0 Å². The summed E-state index contributed by atoms with van der Waals surface area (Å²) in [7, 11) is 0. The van der Waals surface area contributed by atoms with Crippen molar-refractivity contribution in [1.82, 2.24) is 14.6 Å². The molecule has 1 amide bonds. The van der Waals surface area contributed by atoms with Gasteiger partial charge in [0, 0.05) is 11.1 Å². The number of thiazole rings is 1. The Balaban J connectivity index is 1.72. The molecule has 8 nitrogen and oxygen atoms in total. The lowest BCUT2D eigenvalue weighted by Crippen LogP contribution is -2.35. The van der Waals surface area contributed by atoms with Crippen molar-refractivity contribution in [1.29, 1.82) is 0 Å². The Morgan fingerprint density at radius 3 is 2.67 bits per heavy atom. The van der Waals surface area contributed by atoms with E-state index in [-0.39, 0.29) is 10.1 Å². The van der Waals surface area contributed by atoms with E-state index in [0.717, 1.165) is 22.5 Å². The summed E-state index contributed by atoms with van der Waals surface area (Å²) >= 11 is 1.07. The Hall–Kier alpha value is -3.85. The van der Waals surface area contributed by atoms with Gasteiger partial charge in [-0.2, -0.15) is 9.50 Å². The molecule has 0 radical (unpaired) electrons. The highest BCUT2D eigenvalue weighted by molar-refractivity contribution is 7.15. The first-order valence-corrected chi connectivity index (χ1v) is 9.89. The van der Waals surface area contributed by atoms with Gasteiger partial charge in [0.1, 0.15) is 11.1 Å². The molecule has 0 saturated heterocycles. The number of amides is 1. The zero-order chi connectivity index (χ0) is 21.0. The van der Waals surface area contributed by atoms with Gasteiger partial charge < -0.3 is 5.11 Å². The lowest BCUT2D eigenvalue weighted by atomic mass is 10.1. The van der Waals surface area contributed by atoms with E-state index < -0.39 is 24.0 Å². The molecular formula is C21H14N4O4S. The van der Waals surface area contributed by atoms with Crippen molar-refractivity contribution in [3.05, 3.63) is 74.5 Å². The van der Waals surface area contributed by atoms with E-state index in [1.54, 1.807) is 24.3 Å². The fourth-order valence-electron chi connectivity index (χ4n) is 3.58. The van der Waals surface area contributed by atoms with Crippen LogP contribution in [0.15, 0.2) is 53.3 Å². The Bertz CT molecular complexity index is 1470. The van der Waals surface area contributed by atoms with Gasteiger partial charge in [-0.25, -0.2) is 0 Å². The van der Waals surface area contributed by atoms with Gasteiger partial charge in [0.15, 0.2) is 5.82 Å². The number of nitrogens with zero attached hydrogens (tertiary/aromatic N) is 4. The summed E-state index contributed by atoms with van der Waals surface area (Å²) in [6.07, 6.45) is 0. The largest absolute Gasteiger partial charge is 0.480 e. The molecule has 9 heteroatoms. The maximum Gasteiger partial charge on any atom is 0.323 e. The number of aromatic nitrogens is 3. The summed E-state index contributed by atoms with van der Waals surface area (Å²) in [6, 6.07) is 14.5. The molecule has 3 heterocycles. The van der Waals surface area contributed by atoms with Crippen molar-refractivity contribution in [3.8, 4) is 11.4 Å². The number of rotatable bonds is 3. The molecule has 1 aliphatic rings. The van der Waals surface area contributed by atoms with Crippen LogP contribution in [0.5, 0.6) is 0 Å². The Labute approximate surface area is 173 Å². The van der Waals surface area contributed by atoms with Crippen molar-refractivity contribution >= 4 is 39.4 Å². The summed E-state index contributed by atoms with van der Waals surface area (Å²) in [5.74, 6) is -1.21. The van der Waals surface area contributed by atoms with Crippen LogP contribution in [0.3, 0.4) is 0 Å². The molecule has 5 rings (SSSR count). The molecule has 0 atom stereocenters. The molecule has 1 aliphatic heterocycles. The van der Waals surface area contributed by atoms with Gasteiger partial charge >= 0.3 is 5.97 Å². The maximum absolute atomic E-state index is 13.1. The Morgan fingerprint density at radius 1 is 1.13 bits per heavy atom. The third kappa shape index (κ3) is 2.71. The number of hydrogen-bond acceptors (Lipinski definition) is 6. The monoisotopic (exact) mass is 418 g/mol. The van der Waals surface area contributed by atoms with Crippen molar-refractivity contribution in [2.75, 3.05) is 11.4 Å². The topological polar surface area (TPSA) is 105 Å². The number of hydrogen-bond donors (Lipinski definition) is 1. The van der Waals surface area contributed by atoms with Crippen molar-refractivity contribution in [2.24, 2.45) is 0 Å². The SMILES string of the molecule is Cc1cccc(-c2nc3s/c(=C4/C(=O)N(CC(=O)O)c5ccccc54)c(=O)n3n2)c1. The second-order valence-electron chi connectivity index (χ2n) is 6.91. The Morgan fingerprint density at radius 2 is 1.93 bits per heavy atom. The van der Waals surface area contributed by atoms with Crippen molar-refractivity contribution in [2.45, 2.75) is 6.92 Å². The minimum absolute atomic E-state index is 0.186. The number of anilines is 1. The fourth-order valence-corrected chi connectivity index (χ4v) is 4.58. The quantitative estimate of drug-likeness (QED) is 0.540. The first-order valence-electron chi connectivity index (χ1n) is 9.08. The summed E-state index contributed by atoms with van der Waals surface area (Å²) in [4.78, 5) is 43.3. The molecule has 2 aromatic carbocycles. The molecule has 0 aliphatic carbocycles. The number of aliphatic carboxylic acids is 1. The molecular weight excluding hydrogens is 404 g/mol. The number of carboxylic acids is 1. The number of benzene rings is 2. The van der Waals surface area contributed by atoms with Gasteiger partial charge in [0.05, 0.1) is 11.3 Å². The van der Waals surface area contributed by atoms with Crippen LogP contribution in [-0.2, 0) is 9.59 Å². The van der Waals surface area contributed by atoms with Crippen molar-refractivity contribution < 1.29 is 14.7 Å². The molecule has 1 N–H and O–H groups in total. The number of carboxylic acid groups (broad SMARTS) is 1. The number of aryl methyl sites for hydroxylation is 1. The highest BCUT2D eigenvalue weighted by Crippen LogP contribution is 2.35. The van der Waals surface area contributed by atoms with Crippen molar-refractivity contribution in [3.63, 3.8) is 0 Å². The van der Waals surface area contributed by atoms with Crippen LogP contribution in [0.25, 0.3) is 21.9 Å². The van der Waals surface area contributed by atoms with Crippen LogP contribution < -0.4 is 15.0 Å². The maximum atomic E-state index is 13.1. The lowest BCUT2D eigenvalue weighted by molar-refractivity contribution is -0.136. The summed E-state index contributed by atoms with van der Waals surface area (Å²) < 4.78 is 1.39. The van der Waals surface area contributed by atoms with Crippen LogP contribution in [0.4, 0.5) is 5.69 Å². The first kappa shape index (κ1) is 18.2. The first-order chi connectivity index (χ1) is 14.4. The van der Waals surface area contributed by atoms with E-state index >= 15 is 0 Å². The number of carbonyl (C=O) groups is 2. The fraction of sp³-hybridized carbons (Fsp3) is 0.0952. The van der Waals surface area contributed by atoms with Gasteiger partial charge in [-0.1, -0.05) is 53.3 Å². The van der Waals surface area contributed by atoms with Crippen LogP contribution in [0, 0.1) is 6.92 Å². The molecule has 0 bridgehead atoms. The van der Waals surface area contributed by atoms with E-state index in [2.05, 4.69) is 10.1 Å². The average Bonchev–Trinajstić information content (AvgIpc) is 3.34. The molecule has 0 saturated carbocycles. The van der Waals surface area contributed by atoms with Crippen LogP contribution >= 0.6 is 11.3 Å². The predicted molar refractivity (Wildman–Crippen MR) is 111 cm³/mol. The zero-order valence-corrected chi connectivity index (χ0v) is 16.5. The van der Waals surface area contributed by atoms with E-state index in [1.165, 1.54) is 9.42 Å². The molecule has 0 fully saturated rings. The highest BCUT2D eigenvalue weighted by Gasteiger charge is 2.35. The lowest BCUT2D eigenvalue weighted by Gasteiger charge is -2.13. The average molecular weight is 418 g/mol. The van der Waals surface area contributed by atoms with E-state index in [0.29, 0.717) is 22.0 Å². The van der Waals surface area contributed by atoms with Gasteiger partial charge in [0.2, 0.25) is 4.96 Å². The zero-order valence-electron chi connectivity index (χ0n) is 15.7. The van der Waals surface area contributed by atoms with Crippen LogP contribution in [0.2, 0.25) is 0 Å². The molecule has 148 valence electrons. The predicted octanol–water partition coefficient (Wildman–Crippen LogP) is 1.48. The summed E-state index contributed by atoms with van der Waals surface area (Å²) in [5, 5.41) is 13.5. The third-order valence-corrected chi connectivity index (χ3v) is 5.91. The molecule has 2 aromatic heterocycles. The number of fused-ring (bicyclic) bond motifs is 2. The van der Waals surface area contributed by atoms with Crippen LogP contribution in [-0.4, -0.2) is 38.1 Å². The van der Waals surface area contributed by atoms with Gasteiger partial charge in [-0.15, -0.1) is 5.10 Å². The van der Waals surface area contributed by atoms with Gasteiger partial charge in [-0.05, 0) is 19.1 Å². The number of carbonyl (C=O) groups excluding carboxylic acids is 1. The number of para-hydroxylation sites is 1. The minimum Gasteiger partial charge on any atom is -0.480 e. The highest BCUT2D eigenvalue weighted by atomic mass is 32.1. The summed E-state index contributed by atoms with van der Waals surface area (Å²) in [6.45, 7) is 1.48. The molecule has 0 unspecified atom stereocenters. The second-order valence-corrected chi connectivity index (χ2v) is 7.89. The standard InChI is InChI=1S/C21H14N4O4S/c1-11-5-4-6-12(9-11)18-22-21-25(23-18)20(29)17(30-21)16-13-7-2-3-8-14(13)24(19(16)28)10-15(26)27/h2-9H,10H2,1H3,(H,26,27)/b17-16+. The summed E-state index contributed by atoms with van der Waals surface area (Å²) in [5.41, 5.74) is 2.59. The minimum atomic E-state index is -1.13. The Kier molecular flexibility index (Phi) is 4.00. The molecule has 4 aromatic rings. The van der Waals surface area contributed by atoms with Crippen LogP contribution in [0.1, 0.15) is 11.1 Å². The van der Waals surface area contributed by atoms with Gasteiger partial charge in [0.25, 0.3) is 11.5 Å². The third-order valence-electron chi connectivity index (χ3n) is 4.88. The second kappa shape index (κ2) is 6.60. The normalized spacial score (nSPS) is 15.1. The molecule has 0 spiro atoms. The smallest absolute Gasteiger partial charge is 0.323 e. The molecule has 30 heavy (non-hydrogen) atoms.